The fraction of sp³-hybridized carbons (Fsp3) is 0. The van der Waals surface area contributed by atoms with Gasteiger partial charge in [0, 0.05) is 4.90 Å². The van der Waals surface area contributed by atoms with Crippen LogP contribution in [0.4, 0.5) is 4.39 Å². The van der Waals surface area contributed by atoms with Gasteiger partial charge in [-0.25, -0.2) is 9.65 Å². The highest BCUT2D eigenvalue weighted by Crippen LogP contribution is 2.19. The number of halogens is 1. The molecule has 0 radical (unpaired) electrons. The van der Waals surface area contributed by atoms with E-state index >= 15 is 0 Å². The Bertz CT molecular complexity index is 231. The van der Waals surface area contributed by atoms with Gasteiger partial charge in [0.1, 0.15) is 5.82 Å². The molecule has 0 fully saturated rings. The third-order valence-corrected chi connectivity index (χ3v) is 1.53. The molecule has 0 unspecified atom stereocenters. The molecule has 1 N–H and O–H groups in total. The van der Waals surface area contributed by atoms with Gasteiger partial charge in [-0.2, -0.15) is 0 Å². The molecule has 0 bridgehead atoms. The highest BCUT2D eigenvalue weighted by Gasteiger charge is 1.96. The SMILES string of the molecule is OOOSc1cccc(F)c1. The fourth-order valence-corrected chi connectivity index (χ4v) is 0.977. The van der Waals surface area contributed by atoms with Gasteiger partial charge in [0.2, 0.25) is 0 Å². The largest absolute Gasteiger partial charge is 0.220 e. The van der Waals surface area contributed by atoms with E-state index in [9.17, 15) is 4.39 Å². The van der Waals surface area contributed by atoms with Crippen LogP contribution in [0.25, 0.3) is 0 Å². The lowest BCUT2D eigenvalue weighted by atomic mass is 10.4. The van der Waals surface area contributed by atoms with Crippen molar-refractivity contribution in [1.82, 2.24) is 0 Å². The molecular formula is C6H5FO3S. The smallest absolute Gasteiger partial charge is 0.124 e. The average molecular weight is 176 g/mol. The summed E-state index contributed by atoms with van der Waals surface area (Å²) in [5.74, 6) is -0.364. The Morgan fingerprint density at radius 1 is 1.45 bits per heavy atom. The van der Waals surface area contributed by atoms with E-state index in [1.807, 2.05) is 0 Å². The maximum atomic E-state index is 12.4. The lowest BCUT2D eigenvalue weighted by Crippen LogP contribution is -1.79. The standard InChI is InChI=1S/C6H5FO3S/c7-5-2-1-3-6(4-5)11-10-9-8/h1-4,8H. The molecule has 0 aliphatic rings. The number of hydrogen-bond acceptors (Lipinski definition) is 4. The zero-order valence-electron chi connectivity index (χ0n) is 5.36. The van der Waals surface area contributed by atoms with Crippen molar-refractivity contribution in [1.29, 1.82) is 0 Å². The normalized spacial score (nSPS) is 10.0. The highest BCUT2D eigenvalue weighted by molar-refractivity contribution is 7.94. The molecule has 0 saturated heterocycles. The fourth-order valence-electron chi connectivity index (χ4n) is 0.573. The molecule has 0 spiro atoms. The number of hydrogen-bond donors (Lipinski definition) is 1. The molecule has 0 aromatic heterocycles. The first-order valence-corrected chi connectivity index (χ1v) is 3.47. The molecule has 0 aliphatic carbocycles. The van der Waals surface area contributed by atoms with Crippen molar-refractivity contribution < 1.29 is 19.0 Å². The predicted octanol–water partition coefficient (Wildman–Crippen LogP) is 2.25. The minimum absolute atomic E-state index is 0.364. The van der Waals surface area contributed by atoms with Crippen molar-refractivity contribution in [2.24, 2.45) is 0 Å². The second-order valence-corrected chi connectivity index (χ2v) is 2.46. The van der Waals surface area contributed by atoms with Crippen molar-refractivity contribution in [2.45, 2.75) is 4.90 Å². The second-order valence-electron chi connectivity index (χ2n) is 1.68. The molecule has 1 aromatic rings. The highest BCUT2D eigenvalue weighted by atomic mass is 32.2. The minimum Gasteiger partial charge on any atom is -0.220 e. The average Bonchev–Trinajstić information content (AvgIpc) is 2.01. The molecular weight excluding hydrogens is 171 g/mol. The van der Waals surface area contributed by atoms with E-state index in [4.69, 9.17) is 5.26 Å². The van der Waals surface area contributed by atoms with Crippen molar-refractivity contribution in [3.63, 3.8) is 0 Å². The Morgan fingerprint density at radius 2 is 2.27 bits per heavy atom. The summed E-state index contributed by atoms with van der Waals surface area (Å²) in [7, 11) is 0. The van der Waals surface area contributed by atoms with Crippen LogP contribution in [-0.2, 0) is 9.37 Å². The quantitative estimate of drug-likeness (QED) is 0.435. The second kappa shape index (κ2) is 4.30. The molecule has 3 nitrogen and oxygen atoms in total. The van der Waals surface area contributed by atoms with E-state index in [-0.39, 0.29) is 5.82 Å². The van der Waals surface area contributed by atoms with Crippen molar-refractivity contribution in [3.05, 3.63) is 30.1 Å². The molecule has 0 heterocycles. The monoisotopic (exact) mass is 176 g/mol. The summed E-state index contributed by atoms with van der Waals surface area (Å²) in [6.45, 7) is 0. The van der Waals surface area contributed by atoms with Crippen LogP contribution in [-0.4, -0.2) is 5.26 Å². The third-order valence-electron chi connectivity index (χ3n) is 0.957. The summed E-state index contributed by atoms with van der Waals surface area (Å²) < 4.78 is 16.5. The van der Waals surface area contributed by atoms with Gasteiger partial charge in [-0.1, -0.05) is 11.1 Å². The Kier molecular flexibility index (Phi) is 3.31. The van der Waals surface area contributed by atoms with Crippen LogP contribution in [0.15, 0.2) is 29.2 Å². The zero-order chi connectivity index (χ0) is 8.10. The molecule has 5 heteroatoms. The van der Waals surface area contributed by atoms with Crippen LogP contribution in [0.2, 0.25) is 0 Å². The van der Waals surface area contributed by atoms with E-state index in [0.29, 0.717) is 4.90 Å². The maximum absolute atomic E-state index is 12.4. The molecule has 0 saturated carbocycles. The van der Waals surface area contributed by atoms with Gasteiger partial charge in [-0.3, -0.25) is 0 Å². The van der Waals surface area contributed by atoms with Gasteiger partial charge in [-0.15, -0.1) is 4.33 Å². The Labute approximate surface area is 66.8 Å². The zero-order valence-corrected chi connectivity index (χ0v) is 6.18. The lowest BCUT2D eigenvalue weighted by molar-refractivity contribution is -0.432. The van der Waals surface area contributed by atoms with Crippen LogP contribution >= 0.6 is 12.0 Å². The molecule has 1 rings (SSSR count). The van der Waals surface area contributed by atoms with Crippen LogP contribution in [0.5, 0.6) is 0 Å². The van der Waals surface area contributed by atoms with Crippen molar-refractivity contribution >= 4 is 12.0 Å². The third kappa shape index (κ3) is 2.85. The Hall–Kier alpha value is -0.620. The van der Waals surface area contributed by atoms with E-state index < -0.39 is 0 Å². The Balaban J connectivity index is 2.56. The first kappa shape index (κ1) is 8.48. The van der Waals surface area contributed by atoms with Gasteiger partial charge < -0.3 is 0 Å². The summed E-state index contributed by atoms with van der Waals surface area (Å²) in [6, 6.07) is 5.71. The minimum atomic E-state index is -0.364. The molecule has 11 heavy (non-hydrogen) atoms. The van der Waals surface area contributed by atoms with Crippen molar-refractivity contribution in [3.8, 4) is 0 Å². The van der Waals surface area contributed by atoms with Crippen LogP contribution in [0.3, 0.4) is 0 Å². The number of rotatable bonds is 3. The summed E-state index contributed by atoms with van der Waals surface area (Å²) >= 11 is 0.722. The molecule has 60 valence electrons. The van der Waals surface area contributed by atoms with Gasteiger partial charge in [-0.05, 0) is 18.2 Å². The van der Waals surface area contributed by atoms with E-state index in [1.165, 1.54) is 18.2 Å². The first-order chi connectivity index (χ1) is 5.33. The molecule has 0 amide bonds. The summed E-state index contributed by atoms with van der Waals surface area (Å²) in [5, 5.41) is 11.1. The first-order valence-electron chi connectivity index (χ1n) is 2.73. The maximum Gasteiger partial charge on any atom is 0.124 e. The van der Waals surface area contributed by atoms with E-state index in [2.05, 4.69) is 9.37 Å². The van der Waals surface area contributed by atoms with Crippen molar-refractivity contribution in [2.75, 3.05) is 0 Å². The van der Waals surface area contributed by atoms with E-state index in [1.54, 1.807) is 6.07 Å². The van der Waals surface area contributed by atoms with Gasteiger partial charge in [0.05, 0.1) is 12.0 Å². The predicted molar refractivity (Wildman–Crippen MR) is 37.1 cm³/mol. The lowest BCUT2D eigenvalue weighted by Gasteiger charge is -1.95. The summed E-state index contributed by atoms with van der Waals surface area (Å²) in [6.07, 6.45) is 0. The summed E-state index contributed by atoms with van der Waals surface area (Å²) in [5.41, 5.74) is 0. The Morgan fingerprint density at radius 3 is 2.91 bits per heavy atom. The number of benzene rings is 1. The molecule has 1 aromatic carbocycles. The van der Waals surface area contributed by atoms with Crippen LogP contribution < -0.4 is 0 Å². The van der Waals surface area contributed by atoms with Crippen LogP contribution in [0.1, 0.15) is 0 Å². The topological polar surface area (TPSA) is 38.7 Å². The van der Waals surface area contributed by atoms with Crippen LogP contribution in [0, 0.1) is 5.82 Å². The van der Waals surface area contributed by atoms with Gasteiger partial charge in [0.15, 0.2) is 0 Å². The molecule has 0 aliphatic heterocycles. The van der Waals surface area contributed by atoms with E-state index in [0.717, 1.165) is 12.0 Å². The summed E-state index contributed by atoms with van der Waals surface area (Å²) in [4.78, 5) is 0.513. The molecule has 0 atom stereocenters. The van der Waals surface area contributed by atoms with Gasteiger partial charge in [0.25, 0.3) is 0 Å². The van der Waals surface area contributed by atoms with Gasteiger partial charge >= 0.3 is 0 Å².